The highest BCUT2D eigenvalue weighted by atomic mass is 35.5. The number of nitrogens with one attached hydrogen (secondary N) is 1. The van der Waals surface area contributed by atoms with Crippen molar-refractivity contribution in [2.75, 3.05) is 39.4 Å². The van der Waals surface area contributed by atoms with Gasteiger partial charge in [-0.3, -0.25) is 9.69 Å². The normalized spacial score (nSPS) is 15.8. The van der Waals surface area contributed by atoms with Crippen LogP contribution in [0.1, 0.15) is 17.5 Å². The molecule has 8 heteroatoms. The molecule has 0 saturated carbocycles. The Labute approximate surface area is 151 Å². The zero-order chi connectivity index (χ0) is 17.4. The number of benzene rings is 1. The van der Waals surface area contributed by atoms with Crippen molar-refractivity contribution in [1.82, 2.24) is 10.2 Å². The Morgan fingerprint density at radius 2 is 1.92 bits per heavy atom. The molecule has 1 aliphatic heterocycles. The van der Waals surface area contributed by atoms with Gasteiger partial charge in [-0.2, -0.15) is 13.2 Å². The Kier molecular flexibility index (Phi) is 8.96. The van der Waals surface area contributed by atoms with Crippen LogP contribution >= 0.6 is 12.4 Å². The predicted octanol–water partition coefficient (Wildman–Crippen LogP) is 2.98. The smallest absolute Gasteiger partial charge is 0.379 e. The van der Waals surface area contributed by atoms with E-state index in [1.807, 2.05) is 0 Å². The fourth-order valence-electron chi connectivity index (χ4n) is 2.46. The fraction of sp³-hybridized carbons (Fsp3) is 0.471. The monoisotopic (exact) mass is 378 g/mol. The predicted molar refractivity (Wildman–Crippen MR) is 92.6 cm³/mol. The van der Waals surface area contributed by atoms with Crippen LogP contribution in [0.15, 0.2) is 30.3 Å². The third-order valence-electron chi connectivity index (χ3n) is 3.73. The van der Waals surface area contributed by atoms with E-state index in [1.54, 1.807) is 0 Å². The van der Waals surface area contributed by atoms with E-state index in [4.69, 9.17) is 4.74 Å². The first kappa shape index (κ1) is 21.5. The van der Waals surface area contributed by atoms with E-state index in [1.165, 1.54) is 24.3 Å². The molecule has 0 aliphatic carbocycles. The lowest BCUT2D eigenvalue weighted by Gasteiger charge is -2.26. The molecule has 25 heavy (non-hydrogen) atoms. The molecule has 1 amide bonds. The fourth-order valence-corrected chi connectivity index (χ4v) is 2.46. The summed E-state index contributed by atoms with van der Waals surface area (Å²) in [6.45, 7) is 4.59. The van der Waals surface area contributed by atoms with E-state index < -0.39 is 17.6 Å². The zero-order valence-electron chi connectivity index (χ0n) is 13.7. The Morgan fingerprint density at radius 1 is 1.24 bits per heavy atom. The van der Waals surface area contributed by atoms with Gasteiger partial charge >= 0.3 is 6.18 Å². The van der Waals surface area contributed by atoms with Crippen LogP contribution in [0.3, 0.4) is 0 Å². The highest BCUT2D eigenvalue weighted by molar-refractivity contribution is 5.91. The molecule has 2 rings (SSSR count). The van der Waals surface area contributed by atoms with Gasteiger partial charge < -0.3 is 10.1 Å². The SMILES string of the molecule is Cl.O=C(C=Cc1ccccc1C(F)(F)F)NCCCN1CCOCC1. The second-order valence-corrected chi connectivity index (χ2v) is 5.52. The lowest BCUT2D eigenvalue weighted by Crippen LogP contribution is -2.38. The van der Waals surface area contributed by atoms with Gasteiger partial charge in [-0.1, -0.05) is 18.2 Å². The second kappa shape index (κ2) is 10.4. The van der Waals surface area contributed by atoms with Crippen molar-refractivity contribution in [2.24, 2.45) is 0 Å². The van der Waals surface area contributed by atoms with Gasteiger partial charge in [-0.25, -0.2) is 0 Å². The summed E-state index contributed by atoms with van der Waals surface area (Å²) in [5.41, 5.74) is -0.769. The zero-order valence-corrected chi connectivity index (χ0v) is 14.5. The first-order chi connectivity index (χ1) is 11.5. The maximum Gasteiger partial charge on any atom is 0.416 e. The summed E-state index contributed by atoms with van der Waals surface area (Å²) < 4.78 is 43.8. The van der Waals surface area contributed by atoms with E-state index in [0.717, 1.165) is 51.4 Å². The highest BCUT2D eigenvalue weighted by Crippen LogP contribution is 2.32. The number of rotatable bonds is 6. The van der Waals surface area contributed by atoms with Crippen LogP contribution in [0.2, 0.25) is 0 Å². The summed E-state index contributed by atoms with van der Waals surface area (Å²) in [4.78, 5) is 14.0. The topological polar surface area (TPSA) is 41.6 Å². The number of ether oxygens (including phenoxy) is 1. The molecule has 0 atom stereocenters. The van der Waals surface area contributed by atoms with E-state index in [9.17, 15) is 18.0 Å². The maximum absolute atomic E-state index is 12.9. The van der Waals surface area contributed by atoms with Crippen LogP contribution in [0.5, 0.6) is 0 Å². The van der Waals surface area contributed by atoms with Crippen molar-refractivity contribution in [3.63, 3.8) is 0 Å². The van der Waals surface area contributed by atoms with Crippen LogP contribution in [-0.2, 0) is 15.7 Å². The summed E-state index contributed by atoms with van der Waals surface area (Å²) in [5.74, 6) is -0.394. The summed E-state index contributed by atoms with van der Waals surface area (Å²) in [6.07, 6.45) is -1.31. The lowest BCUT2D eigenvalue weighted by molar-refractivity contribution is -0.137. The standard InChI is InChI=1S/C17H21F3N2O2.ClH/c18-17(19,20)15-5-2-1-4-14(15)6-7-16(23)21-8-3-9-22-10-12-24-13-11-22;/h1-2,4-7H,3,8-13H2,(H,21,23);1H. The van der Waals surface area contributed by atoms with Crippen molar-refractivity contribution < 1.29 is 22.7 Å². The highest BCUT2D eigenvalue weighted by Gasteiger charge is 2.32. The minimum atomic E-state index is -4.43. The number of halogens is 4. The first-order valence-corrected chi connectivity index (χ1v) is 7.89. The molecule has 1 N–H and O–H groups in total. The van der Waals surface area contributed by atoms with E-state index in [-0.39, 0.29) is 18.0 Å². The van der Waals surface area contributed by atoms with Crippen LogP contribution < -0.4 is 5.32 Å². The van der Waals surface area contributed by atoms with Crippen molar-refractivity contribution in [3.05, 3.63) is 41.5 Å². The van der Waals surface area contributed by atoms with Crippen molar-refractivity contribution in [1.29, 1.82) is 0 Å². The van der Waals surface area contributed by atoms with Gasteiger partial charge in [0.05, 0.1) is 18.8 Å². The molecule has 0 spiro atoms. The number of alkyl halides is 3. The Balaban J connectivity index is 0.00000312. The number of hydrogen-bond donors (Lipinski definition) is 1. The molecule has 1 fully saturated rings. The largest absolute Gasteiger partial charge is 0.416 e. The van der Waals surface area contributed by atoms with Gasteiger partial charge in [-0.15, -0.1) is 12.4 Å². The number of morpholine rings is 1. The summed E-state index contributed by atoms with van der Waals surface area (Å²) in [6, 6.07) is 5.17. The van der Waals surface area contributed by atoms with Gasteiger partial charge in [0.25, 0.3) is 0 Å². The number of hydrogen-bond acceptors (Lipinski definition) is 3. The number of carbonyl (C=O) groups excluding carboxylic acids is 1. The molecule has 1 saturated heterocycles. The molecular formula is C17H22ClF3N2O2. The van der Waals surface area contributed by atoms with Gasteiger partial charge in [0, 0.05) is 25.7 Å². The molecule has 4 nitrogen and oxygen atoms in total. The number of amides is 1. The van der Waals surface area contributed by atoms with Gasteiger partial charge in [-0.05, 0) is 30.7 Å². The third-order valence-corrected chi connectivity index (χ3v) is 3.73. The quantitative estimate of drug-likeness (QED) is 0.611. The maximum atomic E-state index is 12.9. The van der Waals surface area contributed by atoms with Crippen molar-refractivity contribution in [3.8, 4) is 0 Å². The summed E-state index contributed by atoms with van der Waals surface area (Å²) >= 11 is 0. The molecule has 1 aliphatic rings. The molecule has 0 radical (unpaired) electrons. The van der Waals surface area contributed by atoms with Crippen LogP contribution in [0.25, 0.3) is 6.08 Å². The van der Waals surface area contributed by atoms with E-state index in [0.29, 0.717) is 6.54 Å². The molecular weight excluding hydrogens is 357 g/mol. The third kappa shape index (κ3) is 7.46. The molecule has 1 heterocycles. The van der Waals surface area contributed by atoms with Crippen LogP contribution in [0, 0.1) is 0 Å². The summed E-state index contributed by atoms with van der Waals surface area (Å²) in [7, 11) is 0. The van der Waals surface area contributed by atoms with Crippen LogP contribution in [-0.4, -0.2) is 50.2 Å². The van der Waals surface area contributed by atoms with E-state index in [2.05, 4.69) is 10.2 Å². The van der Waals surface area contributed by atoms with Crippen molar-refractivity contribution >= 4 is 24.4 Å². The average molecular weight is 379 g/mol. The molecule has 1 aromatic carbocycles. The Bertz CT molecular complexity index is 573. The summed E-state index contributed by atoms with van der Waals surface area (Å²) in [5, 5.41) is 2.69. The molecule has 1 aromatic rings. The average Bonchev–Trinajstić information content (AvgIpc) is 2.57. The molecule has 0 bridgehead atoms. The minimum Gasteiger partial charge on any atom is -0.379 e. The second-order valence-electron chi connectivity index (χ2n) is 5.52. The minimum absolute atomic E-state index is 0. The first-order valence-electron chi connectivity index (χ1n) is 7.89. The Morgan fingerprint density at radius 3 is 2.60 bits per heavy atom. The van der Waals surface area contributed by atoms with Crippen molar-refractivity contribution in [2.45, 2.75) is 12.6 Å². The number of carbonyl (C=O) groups is 1. The molecule has 140 valence electrons. The van der Waals surface area contributed by atoms with Gasteiger partial charge in [0.15, 0.2) is 0 Å². The van der Waals surface area contributed by atoms with E-state index >= 15 is 0 Å². The van der Waals surface area contributed by atoms with Gasteiger partial charge in [0.2, 0.25) is 5.91 Å². The van der Waals surface area contributed by atoms with Gasteiger partial charge in [0.1, 0.15) is 0 Å². The lowest BCUT2D eigenvalue weighted by atomic mass is 10.1. The van der Waals surface area contributed by atoms with Crippen LogP contribution in [0.4, 0.5) is 13.2 Å². The Hall–Kier alpha value is -1.57. The number of nitrogens with zero attached hydrogens (tertiary/aromatic N) is 1. The molecule has 0 aromatic heterocycles. The molecule has 0 unspecified atom stereocenters.